The van der Waals surface area contributed by atoms with Crippen LogP contribution in [0.4, 0.5) is 5.69 Å². The van der Waals surface area contributed by atoms with Crippen molar-refractivity contribution in [2.75, 3.05) is 6.54 Å². The summed E-state index contributed by atoms with van der Waals surface area (Å²) >= 11 is 3.32. The number of aromatic nitrogens is 2. The van der Waals surface area contributed by atoms with Crippen molar-refractivity contribution in [2.45, 2.75) is 13.1 Å². The Kier molecular flexibility index (Phi) is 4.64. The summed E-state index contributed by atoms with van der Waals surface area (Å²) in [5.41, 5.74) is 0.801. The fraction of sp³-hybridized carbons (Fsp3) is 0.250. The van der Waals surface area contributed by atoms with Crippen molar-refractivity contribution < 1.29 is 4.92 Å². The molecule has 0 radical (unpaired) electrons. The number of nitro benzene ring substituents is 1. The minimum Gasteiger partial charge on any atom is -0.311 e. The number of nitro groups is 1. The minimum atomic E-state index is -0.364. The van der Waals surface area contributed by atoms with Gasteiger partial charge in [0, 0.05) is 41.6 Å². The molecule has 0 aliphatic heterocycles. The third-order valence-electron chi connectivity index (χ3n) is 2.63. The third-order valence-corrected chi connectivity index (χ3v) is 3.12. The van der Waals surface area contributed by atoms with E-state index >= 15 is 0 Å². The van der Waals surface area contributed by atoms with E-state index in [2.05, 4.69) is 26.3 Å². The number of nitrogens with zero attached hydrogens (tertiary/aromatic N) is 3. The Bertz CT molecular complexity index is 557. The highest BCUT2D eigenvalue weighted by Crippen LogP contribution is 2.22. The molecule has 7 heteroatoms. The van der Waals surface area contributed by atoms with Crippen LogP contribution in [0.25, 0.3) is 0 Å². The Morgan fingerprint density at radius 3 is 3.00 bits per heavy atom. The maximum atomic E-state index is 10.9. The average Bonchev–Trinajstić information content (AvgIpc) is 2.87. The number of halogens is 1. The molecule has 0 saturated heterocycles. The van der Waals surface area contributed by atoms with Gasteiger partial charge in [-0.2, -0.15) is 5.10 Å². The van der Waals surface area contributed by atoms with E-state index in [9.17, 15) is 10.1 Å². The van der Waals surface area contributed by atoms with Crippen LogP contribution in [0.1, 0.15) is 5.56 Å². The van der Waals surface area contributed by atoms with Gasteiger partial charge in [0.1, 0.15) is 0 Å². The molecule has 2 rings (SSSR count). The zero-order valence-electron chi connectivity index (χ0n) is 10.1. The van der Waals surface area contributed by atoms with Gasteiger partial charge < -0.3 is 5.32 Å². The zero-order chi connectivity index (χ0) is 13.7. The van der Waals surface area contributed by atoms with Crippen LogP contribution >= 0.6 is 15.9 Å². The van der Waals surface area contributed by atoms with Crippen molar-refractivity contribution in [3.8, 4) is 0 Å². The second-order valence-electron chi connectivity index (χ2n) is 3.98. The van der Waals surface area contributed by atoms with Crippen LogP contribution < -0.4 is 5.32 Å². The Morgan fingerprint density at radius 1 is 1.47 bits per heavy atom. The van der Waals surface area contributed by atoms with Gasteiger partial charge in [-0.3, -0.25) is 14.8 Å². The minimum absolute atomic E-state index is 0.134. The van der Waals surface area contributed by atoms with Gasteiger partial charge in [-0.25, -0.2) is 0 Å². The fourth-order valence-corrected chi connectivity index (χ4v) is 2.13. The average molecular weight is 325 g/mol. The van der Waals surface area contributed by atoms with E-state index in [1.54, 1.807) is 18.3 Å². The molecule has 0 amide bonds. The maximum Gasteiger partial charge on any atom is 0.273 e. The molecule has 1 aromatic carbocycles. The molecule has 0 bridgehead atoms. The van der Waals surface area contributed by atoms with Crippen molar-refractivity contribution >= 4 is 21.6 Å². The van der Waals surface area contributed by atoms with Crippen molar-refractivity contribution in [3.63, 3.8) is 0 Å². The summed E-state index contributed by atoms with van der Waals surface area (Å²) in [5.74, 6) is 0. The van der Waals surface area contributed by atoms with Gasteiger partial charge in [-0.1, -0.05) is 15.9 Å². The largest absolute Gasteiger partial charge is 0.311 e. The van der Waals surface area contributed by atoms with E-state index in [0.29, 0.717) is 18.7 Å². The smallest absolute Gasteiger partial charge is 0.273 e. The van der Waals surface area contributed by atoms with Gasteiger partial charge in [0.05, 0.1) is 11.5 Å². The van der Waals surface area contributed by atoms with Crippen molar-refractivity contribution in [1.82, 2.24) is 15.1 Å². The van der Waals surface area contributed by atoms with E-state index in [1.165, 1.54) is 6.07 Å². The molecule has 0 spiro atoms. The number of hydrogen-bond acceptors (Lipinski definition) is 4. The van der Waals surface area contributed by atoms with Crippen LogP contribution in [0.5, 0.6) is 0 Å². The summed E-state index contributed by atoms with van der Waals surface area (Å²) in [7, 11) is 0. The standard InChI is InChI=1S/C12H13BrN4O2/c13-11-2-3-12(17(18)19)10(8-11)9-14-5-7-16-6-1-4-15-16/h1-4,6,8,14H,5,7,9H2. The first kappa shape index (κ1) is 13.7. The Labute approximate surface area is 118 Å². The third kappa shape index (κ3) is 3.87. The van der Waals surface area contributed by atoms with Gasteiger partial charge in [0.25, 0.3) is 5.69 Å². The Balaban J connectivity index is 1.91. The molecular weight excluding hydrogens is 312 g/mol. The molecule has 0 unspecified atom stereocenters. The fourth-order valence-electron chi connectivity index (χ4n) is 1.72. The normalized spacial score (nSPS) is 10.6. The monoisotopic (exact) mass is 324 g/mol. The highest BCUT2D eigenvalue weighted by Gasteiger charge is 2.12. The molecule has 0 aliphatic carbocycles. The molecule has 100 valence electrons. The second-order valence-corrected chi connectivity index (χ2v) is 4.89. The van der Waals surface area contributed by atoms with E-state index in [-0.39, 0.29) is 10.6 Å². The van der Waals surface area contributed by atoms with Gasteiger partial charge in [0.2, 0.25) is 0 Å². The first-order valence-electron chi connectivity index (χ1n) is 5.78. The molecule has 0 atom stereocenters. The Morgan fingerprint density at radius 2 is 2.32 bits per heavy atom. The van der Waals surface area contributed by atoms with E-state index in [1.807, 2.05) is 16.9 Å². The molecule has 0 fully saturated rings. The van der Waals surface area contributed by atoms with Gasteiger partial charge >= 0.3 is 0 Å². The highest BCUT2D eigenvalue weighted by atomic mass is 79.9. The van der Waals surface area contributed by atoms with Crippen molar-refractivity contribution in [1.29, 1.82) is 0 Å². The lowest BCUT2D eigenvalue weighted by Crippen LogP contribution is -2.20. The maximum absolute atomic E-state index is 10.9. The summed E-state index contributed by atoms with van der Waals surface area (Å²) < 4.78 is 2.64. The molecule has 1 heterocycles. The lowest BCUT2D eigenvalue weighted by Gasteiger charge is -2.06. The second kappa shape index (κ2) is 6.44. The van der Waals surface area contributed by atoms with Crippen LogP contribution in [0.15, 0.2) is 41.1 Å². The first-order chi connectivity index (χ1) is 9.16. The number of benzene rings is 1. The van der Waals surface area contributed by atoms with Crippen LogP contribution in [0.2, 0.25) is 0 Å². The van der Waals surface area contributed by atoms with Gasteiger partial charge in [-0.05, 0) is 18.2 Å². The summed E-state index contributed by atoms with van der Waals surface area (Å²) in [6.45, 7) is 1.89. The van der Waals surface area contributed by atoms with Gasteiger partial charge in [-0.15, -0.1) is 0 Å². The Hall–Kier alpha value is -1.73. The number of nitrogens with one attached hydrogen (secondary N) is 1. The van der Waals surface area contributed by atoms with Crippen molar-refractivity contribution in [3.05, 3.63) is 56.8 Å². The van der Waals surface area contributed by atoms with Crippen LogP contribution in [-0.4, -0.2) is 21.2 Å². The summed E-state index contributed by atoms with van der Waals surface area (Å²) in [5, 5.41) is 18.2. The molecule has 1 aromatic heterocycles. The molecule has 19 heavy (non-hydrogen) atoms. The predicted octanol–water partition coefficient (Wildman–Crippen LogP) is 2.34. The molecule has 2 aromatic rings. The molecule has 1 N–H and O–H groups in total. The zero-order valence-corrected chi connectivity index (χ0v) is 11.7. The molecule has 0 aliphatic rings. The molecule has 0 saturated carbocycles. The van der Waals surface area contributed by atoms with E-state index < -0.39 is 0 Å². The van der Waals surface area contributed by atoms with Crippen LogP contribution in [0.3, 0.4) is 0 Å². The summed E-state index contributed by atoms with van der Waals surface area (Å²) in [6.07, 6.45) is 3.60. The van der Waals surface area contributed by atoms with E-state index in [0.717, 1.165) is 11.0 Å². The molecule has 6 nitrogen and oxygen atoms in total. The number of hydrogen-bond donors (Lipinski definition) is 1. The van der Waals surface area contributed by atoms with E-state index in [4.69, 9.17) is 0 Å². The quantitative estimate of drug-likeness (QED) is 0.503. The number of rotatable bonds is 6. The lowest BCUT2D eigenvalue weighted by molar-refractivity contribution is -0.385. The topological polar surface area (TPSA) is 73.0 Å². The van der Waals surface area contributed by atoms with Crippen LogP contribution in [-0.2, 0) is 13.1 Å². The van der Waals surface area contributed by atoms with Crippen molar-refractivity contribution in [2.24, 2.45) is 0 Å². The lowest BCUT2D eigenvalue weighted by atomic mass is 10.2. The highest BCUT2D eigenvalue weighted by molar-refractivity contribution is 9.10. The molecular formula is C12H13BrN4O2. The summed E-state index contributed by atoms with van der Waals surface area (Å²) in [4.78, 5) is 10.5. The summed E-state index contributed by atoms with van der Waals surface area (Å²) in [6, 6.07) is 6.80. The SMILES string of the molecule is O=[N+]([O-])c1ccc(Br)cc1CNCCn1cccn1. The van der Waals surface area contributed by atoms with Gasteiger partial charge in [0.15, 0.2) is 0 Å². The first-order valence-corrected chi connectivity index (χ1v) is 6.57. The predicted molar refractivity (Wildman–Crippen MR) is 74.7 cm³/mol. The van der Waals surface area contributed by atoms with Crippen LogP contribution in [0, 0.1) is 10.1 Å².